The van der Waals surface area contributed by atoms with Crippen LogP contribution in [0, 0.1) is 11.5 Å². The number of aliphatic imine (C=N–C) groups is 1. The first-order valence-electron chi connectivity index (χ1n) is 22.2. The van der Waals surface area contributed by atoms with Crippen LogP contribution in [0.3, 0.4) is 0 Å². The molecule has 1 fully saturated rings. The summed E-state index contributed by atoms with van der Waals surface area (Å²) < 4.78 is 34.8. The highest BCUT2D eigenvalue weighted by molar-refractivity contribution is 6.30. The molecule has 22 heteroatoms. The average molecular weight is 971 g/mol. The second kappa shape index (κ2) is 30.4. The first-order chi connectivity index (χ1) is 32.8. The molecular weight excluding hydrogens is 910 g/mol. The van der Waals surface area contributed by atoms with E-state index < -0.39 is 42.6 Å². The van der Waals surface area contributed by atoms with Gasteiger partial charge in [-0.3, -0.25) is 24.7 Å². The van der Waals surface area contributed by atoms with Gasteiger partial charge < -0.3 is 64.8 Å². The molecule has 1 aliphatic rings. The second-order valence-corrected chi connectivity index (χ2v) is 15.9. The lowest BCUT2D eigenvalue weighted by Crippen LogP contribution is -2.61. The van der Waals surface area contributed by atoms with Gasteiger partial charge in [-0.15, -0.1) is 0 Å². The number of ketones is 1. The molecule has 3 aromatic rings. The number of nitrogens with zero attached hydrogens (tertiary/aromatic N) is 3. The molecule has 4 rings (SSSR count). The summed E-state index contributed by atoms with van der Waals surface area (Å²) in [6.07, 6.45) is -0.0536. The fourth-order valence-electron chi connectivity index (χ4n) is 6.33. The zero-order chi connectivity index (χ0) is 49.1. The van der Waals surface area contributed by atoms with E-state index in [9.17, 15) is 44.9 Å². The number of carboxylic acid groups (broad SMARTS) is 1. The Morgan fingerprint density at radius 3 is 2.15 bits per heavy atom. The lowest BCUT2D eigenvalue weighted by Gasteiger charge is -2.38. The van der Waals surface area contributed by atoms with Crippen molar-refractivity contribution >= 4 is 52.5 Å². The molecule has 2 amide bonds. The van der Waals surface area contributed by atoms with Gasteiger partial charge in [-0.25, -0.2) is 9.36 Å². The van der Waals surface area contributed by atoms with Crippen molar-refractivity contribution < 1.29 is 72.6 Å². The number of amides is 2. The van der Waals surface area contributed by atoms with Crippen molar-refractivity contribution in [1.82, 2.24) is 10.6 Å². The van der Waals surface area contributed by atoms with Gasteiger partial charge in [0, 0.05) is 55.1 Å². The van der Waals surface area contributed by atoms with Crippen LogP contribution < -0.4 is 35.3 Å². The third kappa shape index (κ3) is 20.5. The smallest absolute Gasteiger partial charge is 0.335 e. The number of halogens is 1. The van der Waals surface area contributed by atoms with E-state index in [1.165, 1.54) is 13.0 Å². The summed E-state index contributed by atoms with van der Waals surface area (Å²) in [5, 5.41) is 61.6. The summed E-state index contributed by atoms with van der Waals surface area (Å²) in [7, 11) is 0. The van der Waals surface area contributed by atoms with Gasteiger partial charge in [0.1, 0.15) is 35.6 Å². The van der Waals surface area contributed by atoms with Crippen LogP contribution in [0.2, 0.25) is 5.02 Å². The number of nitriles is 1. The van der Waals surface area contributed by atoms with Crippen LogP contribution in [-0.2, 0) is 44.7 Å². The Bertz CT molecular complexity index is 2110. The van der Waals surface area contributed by atoms with Crippen molar-refractivity contribution in [2.45, 2.75) is 89.1 Å². The quantitative estimate of drug-likeness (QED) is 0.0119. The van der Waals surface area contributed by atoms with Gasteiger partial charge in [-0.2, -0.15) is 5.26 Å². The highest BCUT2D eigenvalue weighted by atomic mass is 35.5. The van der Waals surface area contributed by atoms with Crippen LogP contribution in [0.1, 0.15) is 57.4 Å². The summed E-state index contributed by atoms with van der Waals surface area (Å²) in [5.41, 5.74) is 1.43. The predicted molar refractivity (Wildman–Crippen MR) is 246 cm³/mol. The Hall–Kier alpha value is -5.96. The van der Waals surface area contributed by atoms with Gasteiger partial charge in [0.25, 0.3) is 0 Å². The predicted octanol–water partition coefficient (Wildman–Crippen LogP) is 2.29. The molecule has 68 heavy (non-hydrogen) atoms. The number of carbonyl (C=O) groups excluding carboxylic acids is 3. The number of aliphatic hydroxyl groups is 3. The second-order valence-electron chi connectivity index (χ2n) is 15.4. The molecule has 0 aliphatic carbocycles. The number of hydrogen-bond donors (Lipinski definition) is 8. The number of hydrogen-bond acceptors (Lipinski definition) is 15. The molecule has 0 radical (unpaired) electrons. The van der Waals surface area contributed by atoms with Crippen molar-refractivity contribution in [2.24, 2.45) is 4.99 Å². The van der Waals surface area contributed by atoms with Crippen LogP contribution in [0.4, 0.5) is 11.4 Å². The molecule has 2 heterocycles. The number of unbranched alkanes of at least 4 members (excludes halogenated alkanes) is 3. The van der Waals surface area contributed by atoms with Gasteiger partial charge >= 0.3 is 5.97 Å². The molecule has 1 aliphatic heterocycles. The SMILES string of the molecule is CC(=O)CCOCCOCCOCCC(=O)NCCC(=O)Nc1cc(C[n+]2ccc(NC(=NCCCCCCOc3ccc(Cl)cc3)NC#N)cc2)ccc1O[C@@H]1O[C@H](C(=O)O)[C@@H](O)[C@H](O)[C@H]1O. The Morgan fingerprint density at radius 1 is 0.794 bits per heavy atom. The minimum absolute atomic E-state index is 0.0169. The highest BCUT2D eigenvalue weighted by Crippen LogP contribution is 2.31. The van der Waals surface area contributed by atoms with Crippen LogP contribution >= 0.6 is 11.6 Å². The van der Waals surface area contributed by atoms with Gasteiger partial charge in [-0.05, 0) is 68.7 Å². The van der Waals surface area contributed by atoms with E-state index in [1.54, 1.807) is 48.8 Å². The molecule has 1 saturated heterocycles. The minimum Gasteiger partial charge on any atom is -0.494 e. The topological polar surface area (TPSA) is 293 Å². The average Bonchev–Trinajstić information content (AvgIpc) is 3.31. The number of aliphatic hydroxyl groups excluding tert-OH is 3. The number of ether oxygens (including phenoxy) is 6. The Kier molecular flexibility index (Phi) is 24.5. The normalized spacial score (nSPS) is 17.9. The third-order valence-electron chi connectivity index (χ3n) is 9.96. The summed E-state index contributed by atoms with van der Waals surface area (Å²) in [6.45, 7) is 4.59. The summed E-state index contributed by atoms with van der Waals surface area (Å²) >= 11 is 5.91. The minimum atomic E-state index is -1.94. The molecule has 370 valence electrons. The Labute approximate surface area is 399 Å². The van der Waals surface area contributed by atoms with E-state index in [0.29, 0.717) is 74.8 Å². The van der Waals surface area contributed by atoms with Crippen molar-refractivity contribution in [3.05, 3.63) is 77.6 Å². The molecule has 21 nitrogen and oxygen atoms in total. The van der Waals surface area contributed by atoms with Crippen molar-refractivity contribution in [3.8, 4) is 17.7 Å². The number of rotatable bonds is 30. The number of nitrogens with one attached hydrogen (secondary N) is 4. The summed E-state index contributed by atoms with van der Waals surface area (Å²) in [4.78, 5) is 52.7. The number of pyridine rings is 1. The zero-order valence-corrected chi connectivity index (χ0v) is 38.6. The lowest BCUT2D eigenvalue weighted by atomic mass is 9.99. The fourth-order valence-corrected chi connectivity index (χ4v) is 6.45. The maximum atomic E-state index is 13.2. The molecule has 0 spiro atoms. The first kappa shape index (κ1) is 54.6. The fraction of sp³-hybridized carbons (Fsp3) is 0.500. The van der Waals surface area contributed by atoms with Crippen LogP contribution in [-0.4, -0.2) is 140 Å². The molecule has 0 saturated carbocycles. The van der Waals surface area contributed by atoms with Gasteiger partial charge in [0.2, 0.25) is 24.1 Å². The number of Topliss-reactive ketones (excluding diaryl/α,β-unsaturated/α-hetero) is 1. The van der Waals surface area contributed by atoms with Crippen molar-refractivity contribution in [3.63, 3.8) is 0 Å². The molecule has 8 N–H and O–H groups in total. The molecule has 0 unspecified atom stereocenters. The van der Waals surface area contributed by atoms with E-state index in [1.807, 2.05) is 22.9 Å². The summed E-state index contributed by atoms with van der Waals surface area (Å²) in [5.74, 6) is -1.39. The Morgan fingerprint density at radius 2 is 1.47 bits per heavy atom. The molecule has 2 aromatic carbocycles. The van der Waals surface area contributed by atoms with E-state index >= 15 is 0 Å². The Balaban J connectivity index is 1.28. The van der Waals surface area contributed by atoms with Crippen LogP contribution in [0.15, 0.2) is 72.0 Å². The van der Waals surface area contributed by atoms with E-state index in [2.05, 4.69) is 26.3 Å². The number of anilines is 2. The molecular formula is C46H61ClN7O14+. The van der Waals surface area contributed by atoms with Gasteiger partial charge in [0.05, 0.1) is 57.6 Å². The number of benzene rings is 2. The third-order valence-corrected chi connectivity index (χ3v) is 10.2. The highest BCUT2D eigenvalue weighted by Gasteiger charge is 2.48. The first-order valence-corrected chi connectivity index (χ1v) is 22.6. The standard InChI is InChI=1S/C46H60ClN7O14/c1-31(55)15-22-63-24-26-65-27-25-64-23-16-38(56)49-18-12-39(57)53-36-28-32(6-11-37(36)67-45-42(60)40(58)41(59)43(68-45)44(61)62)29-54-19-13-34(14-20-54)52-46(51-30-48)50-17-4-2-3-5-21-66-35-9-7-33(47)8-10-35/h6-11,13-14,19-20,28,40-43,45,58-60H,2-5,12,15-18,21-27,29H2,1H3,(H4,49,50,51,53,56,57,61,62)/p+1/t40-,41-,42+,43-,45+/m0/s1. The summed E-state index contributed by atoms with van der Waals surface area (Å²) in [6, 6.07) is 15.5. The molecule has 5 atom stereocenters. The van der Waals surface area contributed by atoms with Crippen molar-refractivity contribution in [2.75, 3.05) is 70.0 Å². The number of aromatic nitrogens is 1. The maximum Gasteiger partial charge on any atom is 0.335 e. The van der Waals surface area contributed by atoms with Crippen molar-refractivity contribution in [1.29, 1.82) is 5.26 Å². The van der Waals surface area contributed by atoms with Crippen LogP contribution in [0.5, 0.6) is 11.5 Å². The van der Waals surface area contributed by atoms with E-state index in [4.69, 9.17) is 40.0 Å². The van der Waals surface area contributed by atoms with Gasteiger partial charge in [0.15, 0.2) is 31.2 Å². The lowest BCUT2D eigenvalue weighted by molar-refractivity contribution is -0.688. The van der Waals surface area contributed by atoms with E-state index in [-0.39, 0.29) is 55.7 Å². The number of guanidine groups is 1. The number of carboxylic acids is 1. The molecule has 1 aromatic heterocycles. The maximum absolute atomic E-state index is 13.2. The monoisotopic (exact) mass is 970 g/mol. The number of aliphatic carboxylic acids is 1. The van der Waals surface area contributed by atoms with Crippen LogP contribution in [0.25, 0.3) is 0 Å². The van der Waals surface area contributed by atoms with Gasteiger partial charge in [-0.1, -0.05) is 18.0 Å². The molecule has 0 bridgehead atoms. The zero-order valence-electron chi connectivity index (χ0n) is 37.8. The largest absolute Gasteiger partial charge is 0.494 e. The number of carbonyl (C=O) groups is 4. The van der Waals surface area contributed by atoms with E-state index in [0.717, 1.165) is 31.4 Å².